The van der Waals surface area contributed by atoms with Crippen molar-refractivity contribution in [1.82, 2.24) is 10.3 Å². The number of halogens is 1. The van der Waals surface area contributed by atoms with Crippen LogP contribution in [0.15, 0.2) is 34.9 Å². The average molecular weight is 450 g/mol. The number of methoxy groups -OCH3 is 2. The first-order valence-corrected chi connectivity index (χ1v) is 9.89. The summed E-state index contributed by atoms with van der Waals surface area (Å²) in [5.74, 6) is 1.89. The van der Waals surface area contributed by atoms with Gasteiger partial charge in [0.1, 0.15) is 5.82 Å². The van der Waals surface area contributed by atoms with Gasteiger partial charge in [0.15, 0.2) is 11.5 Å². The van der Waals surface area contributed by atoms with Crippen molar-refractivity contribution in [3.63, 3.8) is 0 Å². The van der Waals surface area contributed by atoms with E-state index in [0.717, 1.165) is 23.1 Å². The smallest absolute Gasteiger partial charge is 0.255 e. The van der Waals surface area contributed by atoms with Gasteiger partial charge >= 0.3 is 0 Å². The number of rotatable bonds is 7. The molecular weight excluding hydrogens is 426 g/mol. The fraction of sp³-hybridized carbons (Fsp3) is 0.400. The molecule has 0 aliphatic carbocycles. The number of hydrogen-bond acceptors (Lipinski definition) is 6. The zero-order chi connectivity index (χ0) is 19.9. The summed E-state index contributed by atoms with van der Waals surface area (Å²) in [6.45, 7) is 3.24. The Hall–Kier alpha value is -2.32. The third-order valence-corrected chi connectivity index (χ3v) is 5.31. The Morgan fingerprint density at radius 3 is 2.68 bits per heavy atom. The van der Waals surface area contributed by atoms with Crippen LogP contribution in [-0.4, -0.2) is 58.0 Å². The van der Waals surface area contributed by atoms with Crippen LogP contribution in [0, 0.1) is 0 Å². The van der Waals surface area contributed by atoms with Crippen LogP contribution in [0.25, 0.3) is 0 Å². The van der Waals surface area contributed by atoms with Gasteiger partial charge in [-0.1, -0.05) is 15.9 Å². The van der Waals surface area contributed by atoms with Crippen LogP contribution in [0.2, 0.25) is 0 Å². The zero-order valence-corrected chi connectivity index (χ0v) is 17.6. The Balaban J connectivity index is 1.65. The van der Waals surface area contributed by atoms with Gasteiger partial charge in [-0.3, -0.25) is 4.79 Å². The number of pyridine rings is 1. The van der Waals surface area contributed by atoms with Gasteiger partial charge in [-0.05, 0) is 36.2 Å². The quantitative estimate of drug-likeness (QED) is 0.700. The highest BCUT2D eigenvalue weighted by molar-refractivity contribution is 9.10. The van der Waals surface area contributed by atoms with Gasteiger partial charge in [-0.25, -0.2) is 4.98 Å². The molecule has 1 fully saturated rings. The fourth-order valence-corrected chi connectivity index (χ4v) is 3.62. The van der Waals surface area contributed by atoms with Crippen LogP contribution in [-0.2, 0) is 11.2 Å². The Morgan fingerprint density at radius 2 is 1.96 bits per heavy atom. The van der Waals surface area contributed by atoms with Gasteiger partial charge in [0.05, 0.1) is 33.0 Å². The number of nitrogens with zero attached hydrogens (tertiary/aromatic N) is 2. The van der Waals surface area contributed by atoms with Gasteiger partial charge < -0.3 is 24.4 Å². The van der Waals surface area contributed by atoms with E-state index >= 15 is 0 Å². The van der Waals surface area contributed by atoms with Crippen LogP contribution in [0.5, 0.6) is 11.5 Å². The first-order chi connectivity index (χ1) is 13.6. The minimum Gasteiger partial charge on any atom is -0.493 e. The lowest BCUT2D eigenvalue weighted by Gasteiger charge is -2.29. The summed E-state index contributed by atoms with van der Waals surface area (Å²) in [5.41, 5.74) is 1.60. The zero-order valence-electron chi connectivity index (χ0n) is 16.0. The highest BCUT2D eigenvalue weighted by atomic mass is 79.9. The first kappa shape index (κ1) is 20.4. The molecule has 1 aliphatic rings. The molecule has 0 spiro atoms. The highest BCUT2D eigenvalue weighted by Gasteiger charge is 2.19. The lowest BCUT2D eigenvalue weighted by Crippen LogP contribution is -2.38. The number of amides is 1. The minimum atomic E-state index is -0.133. The van der Waals surface area contributed by atoms with Crippen molar-refractivity contribution in [2.75, 3.05) is 52.0 Å². The van der Waals surface area contributed by atoms with Crippen molar-refractivity contribution >= 4 is 27.7 Å². The standard InChI is InChI=1S/C20H24BrN3O4/c1-26-17-12-14(16(21)13-18(17)27-2)5-7-23-20(25)15-4-3-6-22-19(15)24-8-10-28-11-9-24/h3-4,6,12-13H,5,7-11H2,1-2H3,(H,23,25). The summed E-state index contributed by atoms with van der Waals surface area (Å²) in [5, 5.41) is 2.99. The van der Waals surface area contributed by atoms with E-state index in [2.05, 4.69) is 31.1 Å². The van der Waals surface area contributed by atoms with Crippen molar-refractivity contribution in [2.45, 2.75) is 6.42 Å². The minimum absolute atomic E-state index is 0.133. The topological polar surface area (TPSA) is 72.9 Å². The van der Waals surface area contributed by atoms with E-state index in [0.29, 0.717) is 49.1 Å². The van der Waals surface area contributed by atoms with Gasteiger partial charge in [0.2, 0.25) is 0 Å². The fourth-order valence-electron chi connectivity index (χ4n) is 3.10. The molecule has 2 aromatic rings. The number of carbonyl (C=O) groups is 1. The van der Waals surface area contributed by atoms with E-state index in [4.69, 9.17) is 14.2 Å². The maximum atomic E-state index is 12.7. The van der Waals surface area contributed by atoms with Crippen LogP contribution < -0.4 is 19.7 Å². The maximum absolute atomic E-state index is 12.7. The Morgan fingerprint density at radius 1 is 1.25 bits per heavy atom. The maximum Gasteiger partial charge on any atom is 0.255 e. The summed E-state index contributed by atoms with van der Waals surface area (Å²) in [6, 6.07) is 7.37. The number of hydrogen-bond donors (Lipinski definition) is 1. The van der Waals surface area contributed by atoms with Crippen LogP contribution in [0.3, 0.4) is 0 Å². The van der Waals surface area contributed by atoms with Gasteiger partial charge in [0, 0.05) is 30.3 Å². The molecule has 0 atom stereocenters. The molecule has 1 saturated heterocycles. The van der Waals surface area contributed by atoms with Crippen LogP contribution in [0.4, 0.5) is 5.82 Å². The van der Waals surface area contributed by atoms with E-state index in [1.165, 1.54) is 0 Å². The highest BCUT2D eigenvalue weighted by Crippen LogP contribution is 2.33. The molecular formula is C20H24BrN3O4. The molecule has 7 nitrogen and oxygen atoms in total. The molecule has 1 aromatic carbocycles. The monoisotopic (exact) mass is 449 g/mol. The van der Waals surface area contributed by atoms with E-state index in [-0.39, 0.29) is 5.91 Å². The molecule has 8 heteroatoms. The molecule has 1 N–H and O–H groups in total. The van der Waals surface area contributed by atoms with Crippen molar-refractivity contribution in [1.29, 1.82) is 0 Å². The van der Waals surface area contributed by atoms with Crippen LogP contribution >= 0.6 is 15.9 Å². The van der Waals surface area contributed by atoms with E-state index in [1.54, 1.807) is 32.5 Å². The Kier molecular flexibility index (Phi) is 7.11. The second kappa shape index (κ2) is 9.75. The summed E-state index contributed by atoms with van der Waals surface area (Å²) >= 11 is 3.55. The Labute approximate surface area is 173 Å². The molecule has 28 heavy (non-hydrogen) atoms. The molecule has 1 amide bonds. The number of benzene rings is 1. The van der Waals surface area contributed by atoms with Gasteiger partial charge in [-0.2, -0.15) is 0 Å². The molecule has 3 rings (SSSR count). The number of morpholine rings is 1. The first-order valence-electron chi connectivity index (χ1n) is 9.10. The molecule has 150 valence electrons. The molecule has 0 bridgehead atoms. The van der Waals surface area contributed by atoms with Crippen molar-refractivity contribution in [3.8, 4) is 11.5 Å². The number of ether oxygens (including phenoxy) is 3. The predicted molar refractivity (Wildman–Crippen MR) is 111 cm³/mol. The van der Waals surface area contributed by atoms with E-state index in [1.807, 2.05) is 12.1 Å². The number of aromatic nitrogens is 1. The third kappa shape index (κ3) is 4.74. The normalized spacial score (nSPS) is 13.9. The van der Waals surface area contributed by atoms with Crippen molar-refractivity contribution < 1.29 is 19.0 Å². The molecule has 0 saturated carbocycles. The van der Waals surface area contributed by atoms with E-state index in [9.17, 15) is 4.79 Å². The van der Waals surface area contributed by atoms with Gasteiger partial charge in [-0.15, -0.1) is 0 Å². The Bertz CT molecular complexity index is 825. The molecule has 2 heterocycles. The number of carbonyl (C=O) groups excluding carboxylic acids is 1. The summed E-state index contributed by atoms with van der Waals surface area (Å²) < 4.78 is 17.0. The molecule has 0 unspecified atom stereocenters. The largest absolute Gasteiger partial charge is 0.493 e. The third-order valence-electron chi connectivity index (χ3n) is 4.57. The van der Waals surface area contributed by atoms with Crippen molar-refractivity contribution in [3.05, 3.63) is 46.1 Å². The summed E-state index contributed by atoms with van der Waals surface area (Å²) in [4.78, 5) is 19.2. The second-order valence-electron chi connectivity index (χ2n) is 6.28. The van der Waals surface area contributed by atoms with E-state index < -0.39 is 0 Å². The number of nitrogens with one attached hydrogen (secondary N) is 1. The second-order valence-corrected chi connectivity index (χ2v) is 7.13. The summed E-state index contributed by atoms with van der Waals surface area (Å²) in [7, 11) is 3.21. The predicted octanol–water partition coefficient (Wildman–Crippen LogP) is 2.67. The van der Waals surface area contributed by atoms with Crippen molar-refractivity contribution in [2.24, 2.45) is 0 Å². The molecule has 0 radical (unpaired) electrons. The molecule has 1 aliphatic heterocycles. The number of anilines is 1. The average Bonchev–Trinajstić information content (AvgIpc) is 2.75. The van der Waals surface area contributed by atoms with Gasteiger partial charge in [0.25, 0.3) is 5.91 Å². The lowest BCUT2D eigenvalue weighted by molar-refractivity contribution is 0.0952. The summed E-state index contributed by atoms with van der Waals surface area (Å²) in [6.07, 6.45) is 2.36. The molecule has 1 aromatic heterocycles. The van der Waals surface area contributed by atoms with Crippen LogP contribution in [0.1, 0.15) is 15.9 Å². The lowest BCUT2D eigenvalue weighted by atomic mass is 10.1. The SMILES string of the molecule is COc1cc(Br)c(CCNC(=O)c2cccnc2N2CCOCC2)cc1OC.